The molecule has 0 spiro atoms. The predicted octanol–water partition coefficient (Wildman–Crippen LogP) is 4.52. The smallest absolute Gasteiger partial charge is 0.427 e. The second-order valence-electron chi connectivity index (χ2n) is 4.85. The fourth-order valence-corrected chi connectivity index (χ4v) is 1.77. The van der Waals surface area contributed by atoms with Crippen molar-refractivity contribution in [2.24, 2.45) is 15.3 Å². The monoisotopic (exact) mass is 366 g/mol. The molecule has 0 fully saturated rings. The summed E-state index contributed by atoms with van der Waals surface area (Å²) >= 11 is 0. The molecule has 7 nitrogen and oxygen atoms in total. The fourth-order valence-electron chi connectivity index (χ4n) is 1.77. The van der Waals surface area contributed by atoms with E-state index >= 15 is 0 Å². The molecule has 136 valence electrons. The Morgan fingerprint density at radius 1 is 1.15 bits per heavy atom. The van der Waals surface area contributed by atoms with Gasteiger partial charge in [-0.2, -0.15) is 28.5 Å². The largest absolute Gasteiger partial charge is 0.507 e. The zero-order chi connectivity index (χ0) is 19.2. The summed E-state index contributed by atoms with van der Waals surface area (Å²) in [6.45, 7) is 0. The first-order valence-electron chi connectivity index (χ1n) is 7.08. The van der Waals surface area contributed by atoms with Crippen LogP contribution >= 0.6 is 0 Å². The Hall–Kier alpha value is -3.43. The van der Waals surface area contributed by atoms with Crippen LogP contribution in [0, 0.1) is 0 Å². The highest BCUT2D eigenvalue weighted by Crippen LogP contribution is 2.32. The molecule has 0 bridgehead atoms. The van der Waals surface area contributed by atoms with E-state index in [4.69, 9.17) is 0 Å². The third-order valence-corrected chi connectivity index (χ3v) is 3.01. The summed E-state index contributed by atoms with van der Waals surface area (Å²) in [7, 11) is 1.16. The van der Waals surface area contributed by atoms with Crippen LogP contribution in [-0.2, 0) is 10.9 Å². The number of benzene rings is 2. The number of azo groups is 1. The van der Waals surface area contributed by atoms with Crippen LogP contribution in [0.5, 0.6) is 5.75 Å². The van der Waals surface area contributed by atoms with Crippen molar-refractivity contribution in [1.82, 2.24) is 5.43 Å². The number of phenolic OH excluding ortho intramolecular Hbond substituents is 1. The second-order valence-corrected chi connectivity index (χ2v) is 4.85. The number of ether oxygens (including phenoxy) is 1. The normalized spacial score (nSPS) is 11.8. The van der Waals surface area contributed by atoms with Gasteiger partial charge < -0.3 is 9.84 Å². The van der Waals surface area contributed by atoms with Crippen LogP contribution in [0.4, 0.5) is 29.3 Å². The molecule has 0 aliphatic heterocycles. The van der Waals surface area contributed by atoms with E-state index in [0.717, 1.165) is 25.5 Å². The molecular weight excluding hydrogens is 353 g/mol. The Morgan fingerprint density at radius 2 is 1.85 bits per heavy atom. The number of halogens is 3. The number of amides is 1. The maximum absolute atomic E-state index is 12.7. The first kappa shape index (κ1) is 18.9. The van der Waals surface area contributed by atoms with Crippen LogP contribution in [0.3, 0.4) is 0 Å². The Balaban J connectivity index is 2.18. The number of carbonyl (C=O) groups excluding carboxylic acids is 1. The average Bonchev–Trinajstić information content (AvgIpc) is 2.61. The summed E-state index contributed by atoms with van der Waals surface area (Å²) < 4.78 is 42.4. The molecule has 10 heteroatoms. The number of hydrogen-bond donors (Lipinski definition) is 2. The number of nitrogens with one attached hydrogen (secondary N) is 1. The van der Waals surface area contributed by atoms with E-state index in [0.29, 0.717) is 0 Å². The maximum Gasteiger partial charge on any atom is 0.427 e. The van der Waals surface area contributed by atoms with Crippen molar-refractivity contribution in [2.45, 2.75) is 6.18 Å². The van der Waals surface area contributed by atoms with Crippen LogP contribution in [-0.4, -0.2) is 24.5 Å². The lowest BCUT2D eigenvalue weighted by Gasteiger charge is -2.06. The van der Waals surface area contributed by atoms with Crippen LogP contribution in [0.1, 0.15) is 11.1 Å². The van der Waals surface area contributed by atoms with Gasteiger partial charge in [-0.1, -0.05) is 6.07 Å². The molecule has 0 aliphatic rings. The van der Waals surface area contributed by atoms with Crippen LogP contribution in [0.15, 0.2) is 57.8 Å². The first-order valence-corrected chi connectivity index (χ1v) is 7.08. The van der Waals surface area contributed by atoms with Gasteiger partial charge in [0.2, 0.25) is 0 Å². The van der Waals surface area contributed by atoms with Crippen molar-refractivity contribution >= 4 is 23.7 Å². The molecule has 0 aromatic heterocycles. The Kier molecular flexibility index (Phi) is 5.89. The highest BCUT2D eigenvalue weighted by molar-refractivity contribution is 5.85. The van der Waals surface area contributed by atoms with Gasteiger partial charge in [0.1, 0.15) is 5.75 Å². The van der Waals surface area contributed by atoms with Crippen LogP contribution in [0.25, 0.3) is 0 Å². The maximum atomic E-state index is 12.7. The summed E-state index contributed by atoms with van der Waals surface area (Å²) in [5.41, 5.74) is 1.71. The summed E-state index contributed by atoms with van der Waals surface area (Å²) in [4.78, 5) is 10.9. The number of aromatic hydroxyl groups is 1. The van der Waals surface area contributed by atoms with Crippen LogP contribution in [0.2, 0.25) is 0 Å². The van der Waals surface area contributed by atoms with Gasteiger partial charge in [-0.05, 0) is 36.4 Å². The van der Waals surface area contributed by atoms with Gasteiger partial charge >= 0.3 is 12.3 Å². The van der Waals surface area contributed by atoms with Gasteiger partial charge in [-0.15, -0.1) is 0 Å². The van der Waals surface area contributed by atoms with Crippen molar-refractivity contribution in [3.63, 3.8) is 0 Å². The Bertz CT molecular complexity index is 851. The third-order valence-electron chi connectivity index (χ3n) is 3.01. The van der Waals surface area contributed by atoms with E-state index in [-0.39, 0.29) is 22.7 Å². The highest BCUT2D eigenvalue weighted by Gasteiger charge is 2.30. The van der Waals surface area contributed by atoms with E-state index in [9.17, 15) is 23.1 Å². The molecule has 2 N–H and O–H groups in total. The van der Waals surface area contributed by atoms with E-state index in [1.165, 1.54) is 30.3 Å². The molecule has 0 saturated heterocycles. The molecule has 0 saturated carbocycles. The number of carbonyl (C=O) groups is 1. The predicted molar refractivity (Wildman–Crippen MR) is 86.9 cm³/mol. The number of phenols is 1. The van der Waals surface area contributed by atoms with Gasteiger partial charge in [-0.25, -0.2) is 10.2 Å². The van der Waals surface area contributed by atoms with Gasteiger partial charge in [0.25, 0.3) is 0 Å². The minimum atomic E-state index is -4.47. The zero-order valence-corrected chi connectivity index (χ0v) is 13.4. The van der Waals surface area contributed by atoms with E-state index in [1.54, 1.807) is 0 Å². The molecule has 0 radical (unpaired) electrons. The molecule has 0 unspecified atom stereocenters. The lowest BCUT2D eigenvalue weighted by atomic mass is 10.2. The zero-order valence-electron chi connectivity index (χ0n) is 13.4. The van der Waals surface area contributed by atoms with Gasteiger partial charge in [0.05, 0.1) is 30.3 Å². The minimum Gasteiger partial charge on any atom is -0.507 e. The Morgan fingerprint density at radius 3 is 2.50 bits per heavy atom. The quantitative estimate of drug-likeness (QED) is 0.473. The van der Waals surface area contributed by atoms with Crippen molar-refractivity contribution in [2.75, 3.05) is 7.11 Å². The van der Waals surface area contributed by atoms with Crippen molar-refractivity contribution < 1.29 is 27.8 Å². The second kappa shape index (κ2) is 8.10. The average molecular weight is 366 g/mol. The SMILES string of the molecule is COC(=O)NN=Cc1cc(N=Nc2cccc(C(F)(F)F)c2)ccc1O. The van der Waals surface area contributed by atoms with E-state index < -0.39 is 17.8 Å². The highest BCUT2D eigenvalue weighted by atomic mass is 19.4. The standard InChI is InChI=1S/C16H13F3N4O3/c1-26-15(25)23-20-9-10-7-13(5-6-14(10)24)22-21-12-4-2-3-11(8-12)16(17,18)19/h2-9,24H,1H3,(H,23,25). The number of rotatable bonds is 4. The molecule has 0 atom stereocenters. The summed E-state index contributed by atoms with van der Waals surface area (Å²) in [6.07, 6.45) is -4.11. The van der Waals surface area contributed by atoms with Crippen molar-refractivity contribution in [3.8, 4) is 5.75 Å². The third kappa shape index (κ3) is 5.30. The topological polar surface area (TPSA) is 95.6 Å². The molecule has 0 aliphatic carbocycles. The number of hydrazone groups is 1. The summed E-state index contributed by atoms with van der Waals surface area (Å²) in [5, 5.41) is 20.9. The number of nitrogens with zero attached hydrogens (tertiary/aromatic N) is 3. The van der Waals surface area contributed by atoms with E-state index in [1.807, 2.05) is 5.43 Å². The van der Waals surface area contributed by atoms with E-state index in [2.05, 4.69) is 20.1 Å². The lowest BCUT2D eigenvalue weighted by Crippen LogP contribution is -2.16. The molecule has 2 aromatic rings. The minimum absolute atomic E-state index is 0.0236. The first-order chi connectivity index (χ1) is 12.3. The van der Waals surface area contributed by atoms with Crippen molar-refractivity contribution in [3.05, 3.63) is 53.6 Å². The number of alkyl halides is 3. The fraction of sp³-hybridized carbons (Fsp3) is 0.125. The molecule has 0 heterocycles. The number of hydrogen-bond acceptors (Lipinski definition) is 6. The van der Waals surface area contributed by atoms with Gasteiger partial charge in [0, 0.05) is 5.56 Å². The molecule has 1 amide bonds. The van der Waals surface area contributed by atoms with Gasteiger partial charge in [-0.3, -0.25) is 0 Å². The summed E-state index contributed by atoms with van der Waals surface area (Å²) in [6, 6.07) is 8.51. The molecule has 2 aromatic carbocycles. The molecular formula is C16H13F3N4O3. The lowest BCUT2D eigenvalue weighted by molar-refractivity contribution is -0.137. The molecule has 26 heavy (non-hydrogen) atoms. The van der Waals surface area contributed by atoms with Crippen LogP contribution < -0.4 is 5.43 Å². The summed E-state index contributed by atoms with van der Waals surface area (Å²) in [5.74, 6) is -0.140. The molecule has 2 rings (SSSR count). The van der Waals surface area contributed by atoms with Gasteiger partial charge in [0.15, 0.2) is 0 Å². The number of methoxy groups -OCH3 is 1. The Labute approximate surface area is 145 Å². The van der Waals surface area contributed by atoms with Crippen molar-refractivity contribution in [1.29, 1.82) is 0 Å².